The molecule has 2 aromatic rings. The average molecular weight is 637 g/mol. The maximum absolute atomic E-state index is 13.7. The van der Waals surface area contributed by atoms with Crippen LogP contribution in [0.1, 0.15) is 87.2 Å². The summed E-state index contributed by atoms with van der Waals surface area (Å²) in [4.78, 5) is 16.0. The van der Waals surface area contributed by atoms with Crippen LogP contribution in [0.5, 0.6) is 5.75 Å². The lowest BCUT2D eigenvalue weighted by atomic mass is 9.63. The fraction of sp³-hybridized carbons (Fsp3) is 0.556. The molecule has 6 rings (SSSR count). The van der Waals surface area contributed by atoms with E-state index in [0.717, 1.165) is 74.5 Å². The van der Waals surface area contributed by atoms with E-state index in [0.29, 0.717) is 18.6 Å². The van der Waals surface area contributed by atoms with E-state index in [1.807, 2.05) is 32.0 Å². The zero-order valence-corrected chi connectivity index (χ0v) is 27.7. The monoisotopic (exact) mass is 636 g/mol. The molecule has 1 spiro atoms. The second-order valence-electron chi connectivity index (χ2n) is 13.8. The number of amides is 1. The van der Waals surface area contributed by atoms with Crippen LogP contribution in [0.15, 0.2) is 36.4 Å². The molecule has 7 atom stereocenters. The van der Waals surface area contributed by atoms with Crippen molar-refractivity contribution < 1.29 is 18.8 Å². The lowest BCUT2D eigenvalue weighted by Gasteiger charge is -2.48. The first kappa shape index (κ1) is 31.3. The van der Waals surface area contributed by atoms with Crippen LogP contribution in [0.3, 0.4) is 0 Å². The van der Waals surface area contributed by atoms with Gasteiger partial charge in [-0.25, -0.2) is 4.21 Å². The van der Waals surface area contributed by atoms with E-state index >= 15 is 0 Å². The van der Waals surface area contributed by atoms with Crippen molar-refractivity contribution in [3.8, 4) is 17.6 Å². The maximum Gasteiger partial charge on any atom is 0.262 e. The number of benzene rings is 2. The van der Waals surface area contributed by atoms with E-state index < -0.39 is 15.3 Å². The van der Waals surface area contributed by atoms with Crippen molar-refractivity contribution in [3.63, 3.8) is 0 Å². The number of carbonyl (C=O) groups is 1. The Kier molecular flexibility index (Phi) is 8.49. The van der Waals surface area contributed by atoms with Crippen molar-refractivity contribution in [1.29, 1.82) is 0 Å². The van der Waals surface area contributed by atoms with Crippen molar-refractivity contribution >= 4 is 38.8 Å². The second kappa shape index (κ2) is 11.9. The topological polar surface area (TPSA) is 78.9 Å². The number of aryl methyl sites for hydroxylation is 1. The molecule has 236 valence electrons. The van der Waals surface area contributed by atoms with Gasteiger partial charge in [0.2, 0.25) is 0 Å². The lowest BCUT2D eigenvalue weighted by Crippen LogP contribution is -2.52. The Morgan fingerprint density at radius 2 is 1.95 bits per heavy atom. The third kappa shape index (κ3) is 5.74. The highest BCUT2D eigenvalue weighted by molar-refractivity contribution is 7.99. The molecule has 8 heteroatoms. The molecule has 1 saturated carbocycles. The van der Waals surface area contributed by atoms with Crippen molar-refractivity contribution in [3.05, 3.63) is 58.1 Å². The van der Waals surface area contributed by atoms with Gasteiger partial charge in [-0.3, -0.25) is 9.52 Å². The van der Waals surface area contributed by atoms with Gasteiger partial charge >= 0.3 is 0 Å². The van der Waals surface area contributed by atoms with Crippen molar-refractivity contribution in [2.24, 2.45) is 17.8 Å². The van der Waals surface area contributed by atoms with Crippen LogP contribution in [-0.2, 0) is 21.5 Å². The van der Waals surface area contributed by atoms with E-state index in [9.17, 15) is 14.1 Å². The molecule has 1 unspecified atom stereocenters. The molecule has 2 bridgehead atoms. The highest BCUT2D eigenvalue weighted by Gasteiger charge is 2.48. The molecule has 0 saturated heterocycles. The highest BCUT2D eigenvalue weighted by atomic mass is 35.5. The number of rotatable bonds is 0. The normalized spacial score (nSPS) is 35.5. The molecular weight excluding hydrogens is 592 g/mol. The number of nitrogens with zero attached hydrogens (tertiary/aromatic N) is 1. The summed E-state index contributed by atoms with van der Waals surface area (Å²) >= 11 is 6.43. The fourth-order valence-corrected chi connectivity index (χ4v) is 9.82. The van der Waals surface area contributed by atoms with Gasteiger partial charge in [0.15, 0.2) is 0 Å². The predicted octanol–water partition coefficient (Wildman–Crippen LogP) is 6.16. The minimum atomic E-state index is -2.93. The minimum Gasteiger partial charge on any atom is -0.490 e. The molecule has 0 radical (unpaired) electrons. The van der Waals surface area contributed by atoms with Crippen LogP contribution < -0.4 is 14.4 Å². The van der Waals surface area contributed by atoms with E-state index in [-0.39, 0.29) is 34.3 Å². The molecule has 4 aliphatic rings. The first-order valence-electron chi connectivity index (χ1n) is 16.1. The van der Waals surface area contributed by atoms with Gasteiger partial charge in [-0.15, -0.1) is 5.92 Å². The van der Waals surface area contributed by atoms with Crippen LogP contribution in [0.25, 0.3) is 0 Å². The van der Waals surface area contributed by atoms with Gasteiger partial charge in [0, 0.05) is 40.3 Å². The number of hydrogen-bond donors (Lipinski definition) is 2. The summed E-state index contributed by atoms with van der Waals surface area (Å²) in [5.41, 5.74) is 2.53. The van der Waals surface area contributed by atoms with Crippen LogP contribution in [0, 0.1) is 29.6 Å². The quantitative estimate of drug-likeness (QED) is 0.267. The highest BCUT2D eigenvalue weighted by Crippen LogP contribution is 2.48. The van der Waals surface area contributed by atoms with E-state index in [1.165, 1.54) is 11.1 Å². The van der Waals surface area contributed by atoms with Crippen LogP contribution in [0.2, 0.25) is 5.02 Å². The number of nitrogens with one attached hydrogen (secondary N) is 1. The molecule has 6 nitrogen and oxygen atoms in total. The Labute approximate surface area is 268 Å². The molecular formula is C36H45ClN2O4S. The lowest BCUT2D eigenvalue weighted by molar-refractivity contribution is -0.0448. The molecule has 2 aliphatic carbocycles. The van der Waals surface area contributed by atoms with Gasteiger partial charge < -0.3 is 14.7 Å². The Balaban J connectivity index is 1.44. The van der Waals surface area contributed by atoms with Crippen molar-refractivity contribution in [2.75, 3.05) is 24.6 Å². The Morgan fingerprint density at radius 1 is 1.14 bits per heavy atom. The average Bonchev–Trinajstić information content (AvgIpc) is 3.11. The van der Waals surface area contributed by atoms with Gasteiger partial charge in [-0.2, -0.15) is 0 Å². The first-order valence-corrected chi connectivity index (χ1v) is 18.3. The third-order valence-corrected chi connectivity index (χ3v) is 13.4. The van der Waals surface area contributed by atoms with Gasteiger partial charge in [0.25, 0.3) is 5.91 Å². The second-order valence-corrected chi connectivity index (χ2v) is 16.6. The zero-order valence-electron chi connectivity index (χ0n) is 26.2. The molecule has 44 heavy (non-hydrogen) atoms. The van der Waals surface area contributed by atoms with Gasteiger partial charge in [0.1, 0.15) is 11.4 Å². The summed E-state index contributed by atoms with van der Waals surface area (Å²) in [5, 5.41) is 12.4. The number of anilines is 1. The predicted molar refractivity (Wildman–Crippen MR) is 180 cm³/mol. The van der Waals surface area contributed by atoms with Crippen molar-refractivity contribution in [2.45, 2.75) is 88.4 Å². The number of aliphatic hydroxyl groups is 1. The smallest absolute Gasteiger partial charge is 0.262 e. The van der Waals surface area contributed by atoms with Gasteiger partial charge in [0.05, 0.1) is 22.0 Å². The van der Waals surface area contributed by atoms with Crippen LogP contribution in [-0.4, -0.2) is 51.6 Å². The SMILES string of the molecule is C=S1(=O)NC(=O)c2ccc3c(c2)N(C[C@@H]2CC[C@H]2[C@@](O)(C#CC)CCC[C@H](C)[C@H]1C)C[C@@]1(CCCc2cc(Cl)ccc21)CO3. The molecule has 2 heterocycles. The zero-order chi connectivity index (χ0) is 31.3. The Morgan fingerprint density at radius 3 is 2.70 bits per heavy atom. The summed E-state index contributed by atoms with van der Waals surface area (Å²) in [7, 11) is -2.93. The van der Waals surface area contributed by atoms with Crippen LogP contribution >= 0.6 is 11.6 Å². The molecule has 2 aromatic carbocycles. The first-order chi connectivity index (χ1) is 20.9. The fourth-order valence-electron chi connectivity index (χ4n) is 8.12. The number of halogens is 1. The van der Waals surface area contributed by atoms with E-state index in [2.05, 4.69) is 39.5 Å². The number of fused-ring (bicyclic) bond motifs is 4. The van der Waals surface area contributed by atoms with Crippen LogP contribution in [0.4, 0.5) is 5.69 Å². The van der Waals surface area contributed by atoms with Crippen molar-refractivity contribution in [1.82, 2.24) is 4.72 Å². The number of carbonyl (C=O) groups excluding carboxylic acids is 1. The molecule has 2 aliphatic heterocycles. The Hall–Kier alpha value is -2.66. The molecule has 1 amide bonds. The molecule has 0 aromatic heterocycles. The largest absolute Gasteiger partial charge is 0.490 e. The minimum absolute atomic E-state index is 0.0459. The van der Waals surface area contributed by atoms with E-state index in [4.69, 9.17) is 16.3 Å². The molecule has 1 fully saturated rings. The number of hydrogen-bond acceptors (Lipinski definition) is 5. The standard InChI is InChI=1S/C36H45ClN2O4S/c1-5-16-36(41)18-6-8-24(2)25(3)44(4,42)38-34(40)27-11-15-33-32(20-27)39(21-28-10-13-31(28)36)22-35(23-43-33)17-7-9-26-19-29(37)12-14-30(26)35/h11-12,14-15,19-20,24-25,28,31,41H,4,6-10,13,17-18,21-23H2,1-3H3,(H,38,40,42)/t24-,25+,28-,31+,35-,36+,44?/m0/s1. The summed E-state index contributed by atoms with van der Waals surface area (Å²) in [6.07, 6.45) is 7.05. The van der Waals surface area contributed by atoms with Gasteiger partial charge in [-0.05, 0) is 124 Å². The summed E-state index contributed by atoms with van der Waals surface area (Å²) in [6, 6.07) is 11.8. The third-order valence-electron chi connectivity index (χ3n) is 11.0. The number of ether oxygens (including phenoxy) is 1. The summed E-state index contributed by atoms with van der Waals surface area (Å²) in [5.74, 6) is 10.9. The Bertz CT molecular complexity index is 1610. The van der Waals surface area contributed by atoms with Gasteiger partial charge in [-0.1, -0.05) is 30.5 Å². The molecule has 2 N–H and O–H groups in total. The summed E-state index contributed by atoms with van der Waals surface area (Å²) in [6.45, 7) is 7.72. The van der Waals surface area contributed by atoms with E-state index in [1.54, 1.807) is 13.0 Å². The summed E-state index contributed by atoms with van der Waals surface area (Å²) < 4.78 is 23.1. The maximum atomic E-state index is 13.7.